The van der Waals surface area contributed by atoms with Crippen LogP contribution in [-0.2, 0) is 6.54 Å². The van der Waals surface area contributed by atoms with E-state index in [2.05, 4.69) is 62.3 Å². The molecule has 1 aromatic carbocycles. The third kappa shape index (κ3) is 4.82. The summed E-state index contributed by atoms with van der Waals surface area (Å²) in [5.41, 5.74) is 2.42. The Bertz CT molecular complexity index is 545. The molecule has 0 unspecified atom stereocenters. The molecule has 0 bridgehead atoms. The fraction of sp³-hybridized carbons (Fsp3) is 0.526. The number of fused-ring (bicyclic) bond motifs is 1. The summed E-state index contributed by atoms with van der Waals surface area (Å²) in [6, 6.07) is 11.2. The molecular weight excluding hydrogens is 256 g/mol. The average Bonchev–Trinajstić information content (AvgIpc) is 2.43. The van der Waals surface area contributed by atoms with Crippen molar-refractivity contribution in [2.24, 2.45) is 11.8 Å². The van der Waals surface area contributed by atoms with Gasteiger partial charge in [-0.2, -0.15) is 0 Å². The fourth-order valence-corrected chi connectivity index (χ4v) is 2.97. The summed E-state index contributed by atoms with van der Waals surface area (Å²) >= 11 is 0. The number of aromatic nitrogens is 1. The topological polar surface area (TPSA) is 24.9 Å². The molecule has 2 nitrogen and oxygen atoms in total. The van der Waals surface area contributed by atoms with E-state index in [4.69, 9.17) is 0 Å². The van der Waals surface area contributed by atoms with Gasteiger partial charge in [0.25, 0.3) is 0 Å². The minimum absolute atomic E-state index is 0.587. The van der Waals surface area contributed by atoms with Crippen molar-refractivity contribution in [2.75, 3.05) is 0 Å². The normalized spacial score (nSPS) is 12.0. The van der Waals surface area contributed by atoms with Gasteiger partial charge in [-0.15, -0.1) is 0 Å². The molecule has 0 atom stereocenters. The minimum atomic E-state index is 0.587. The summed E-state index contributed by atoms with van der Waals surface area (Å²) in [5.74, 6) is 1.46. The zero-order valence-corrected chi connectivity index (χ0v) is 13.8. The first-order valence-corrected chi connectivity index (χ1v) is 8.12. The quantitative estimate of drug-likeness (QED) is 0.791. The third-order valence-electron chi connectivity index (χ3n) is 3.81. The Balaban J connectivity index is 2.08. The highest BCUT2D eigenvalue weighted by Gasteiger charge is 2.13. The molecule has 21 heavy (non-hydrogen) atoms. The number of hydrogen-bond acceptors (Lipinski definition) is 2. The lowest BCUT2D eigenvalue weighted by molar-refractivity contribution is 0.358. The van der Waals surface area contributed by atoms with E-state index in [1.54, 1.807) is 0 Å². The monoisotopic (exact) mass is 284 g/mol. The number of benzene rings is 1. The molecule has 0 radical (unpaired) electrons. The van der Waals surface area contributed by atoms with Crippen molar-refractivity contribution in [1.82, 2.24) is 10.3 Å². The van der Waals surface area contributed by atoms with Gasteiger partial charge in [0.05, 0.1) is 5.52 Å². The number of nitrogens with one attached hydrogen (secondary N) is 1. The number of pyridine rings is 1. The van der Waals surface area contributed by atoms with E-state index in [-0.39, 0.29) is 0 Å². The van der Waals surface area contributed by atoms with Crippen molar-refractivity contribution in [1.29, 1.82) is 0 Å². The van der Waals surface area contributed by atoms with Crippen molar-refractivity contribution in [2.45, 2.75) is 53.1 Å². The van der Waals surface area contributed by atoms with Gasteiger partial charge < -0.3 is 5.32 Å². The summed E-state index contributed by atoms with van der Waals surface area (Å²) in [5, 5.41) is 4.97. The van der Waals surface area contributed by atoms with Crippen LogP contribution in [-0.4, -0.2) is 11.0 Å². The van der Waals surface area contributed by atoms with E-state index in [0.717, 1.165) is 23.9 Å². The Morgan fingerprint density at radius 3 is 2.29 bits per heavy atom. The zero-order chi connectivity index (χ0) is 15.2. The minimum Gasteiger partial charge on any atom is -0.310 e. The molecule has 0 fully saturated rings. The third-order valence-corrected chi connectivity index (χ3v) is 3.81. The van der Waals surface area contributed by atoms with Gasteiger partial charge in [0, 0.05) is 24.2 Å². The van der Waals surface area contributed by atoms with Crippen molar-refractivity contribution in [3.8, 4) is 0 Å². The van der Waals surface area contributed by atoms with E-state index in [1.807, 2.05) is 12.3 Å². The number of hydrogen-bond donors (Lipinski definition) is 1. The molecule has 2 heteroatoms. The van der Waals surface area contributed by atoms with Crippen LogP contribution in [0.4, 0.5) is 0 Å². The SMILES string of the molecule is CC(C)CC(CC(C)C)NCc1cccc2cccnc12. The van der Waals surface area contributed by atoms with Crippen LogP contribution in [0.5, 0.6) is 0 Å². The Labute approximate surface area is 129 Å². The van der Waals surface area contributed by atoms with Crippen LogP contribution in [0.15, 0.2) is 36.5 Å². The lowest BCUT2D eigenvalue weighted by atomic mass is 9.95. The van der Waals surface area contributed by atoms with Gasteiger partial charge in [0.15, 0.2) is 0 Å². The predicted molar refractivity (Wildman–Crippen MR) is 91.3 cm³/mol. The number of nitrogens with zero attached hydrogens (tertiary/aromatic N) is 1. The van der Waals surface area contributed by atoms with E-state index < -0.39 is 0 Å². The van der Waals surface area contributed by atoms with Crippen LogP contribution >= 0.6 is 0 Å². The van der Waals surface area contributed by atoms with Gasteiger partial charge in [-0.1, -0.05) is 52.0 Å². The molecule has 0 amide bonds. The van der Waals surface area contributed by atoms with Crippen molar-refractivity contribution < 1.29 is 0 Å². The van der Waals surface area contributed by atoms with Gasteiger partial charge in [0.2, 0.25) is 0 Å². The molecule has 0 aliphatic heterocycles. The first kappa shape index (κ1) is 16.0. The van der Waals surface area contributed by atoms with E-state index >= 15 is 0 Å². The molecule has 1 N–H and O–H groups in total. The lowest BCUT2D eigenvalue weighted by Gasteiger charge is -2.23. The molecule has 0 spiro atoms. The molecule has 0 aliphatic carbocycles. The number of rotatable bonds is 7. The first-order valence-electron chi connectivity index (χ1n) is 8.12. The molecule has 0 saturated heterocycles. The Morgan fingerprint density at radius 1 is 0.952 bits per heavy atom. The average molecular weight is 284 g/mol. The largest absolute Gasteiger partial charge is 0.310 e. The van der Waals surface area contributed by atoms with Gasteiger partial charge in [-0.05, 0) is 36.3 Å². The van der Waals surface area contributed by atoms with E-state index in [9.17, 15) is 0 Å². The summed E-state index contributed by atoms with van der Waals surface area (Å²) in [6.07, 6.45) is 4.35. The highest BCUT2D eigenvalue weighted by Crippen LogP contribution is 2.18. The van der Waals surface area contributed by atoms with Gasteiger partial charge in [0.1, 0.15) is 0 Å². The summed E-state index contributed by atoms with van der Waals surface area (Å²) in [6.45, 7) is 10.1. The molecule has 2 rings (SSSR count). The lowest BCUT2D eigenvalue weighted by Crippen LogP contribution is -2.31. The first-order chi connectivity index (χ1) is 10.1. The Morgan fingerprint density at radius 2 is 1.62 bits per heavy atom. The van der Waals surface area contributed by atoms with Gasteiger partial charge in [-0.25, -0.2) is 0 Å². The second-order valence-electron chi connectivity index (χ2n) is 6.83. The molecular formula is C19H28N2. The van der Waals surface area contributed by atoms with Crippen molar-refractivity contribution in [3.05, 3.63) is 42.1 Å². The molecule has 114 valence electrons. The second-order valence-corrected chi connectivity index (χ2v) is 6.83. The maximum atomic E-state index is 4.54. The second kappa shape index (κ2) is 7.56. The maximum absolute atomic E-state index is 4.54. The fourth-order valence-electron chi connectivity index (χ4n) is 2.97. The summed E-state index contributed by atoms with van der Waals surface area (Å²) in [4.78, 5) is 4.54. The van der Waals surface area contributed by atoms with Crippen LogP contribution in [0.2, 0.25) is 0 Å². The zero-order valence-electron chi connectivity index (χ0n) is 13.8. The van der Waals surface area contributed by atoms with E-state index in [1.165, 1.54) is 23.8 Å². The van der Waals surface area contributed by atoms with Crippen LogP contribution in [0.1, 0.15) is 46.1 Å². The standard InChI is InChI=1S/C19H28N2/c1-14(2)11-18(12-15(3)4)21-13-17-8-5-7-16-9-6-10-20-19(16)17/h5-10,14-15,18,21H,11-13H2,1-4H3. The molecule has 1 aromatic heterocycles. The Kier molecular flexibility index (Phi) is 5.75. The summed E-state index contributed by atoms with van der Waals surface area (Å²) in [7, 11) is 0. The smallest absolute Gasteiger partial charge is 0.0746 e. The predicted octanol–water partition coefficient (Wildman–Crippen LogP) is 4.79. The van der Waals surface area contributed by atoms with Crippen LogP contribution in [0.3, 0.4) is 0 Å². The maximum Gasteiger partial charge on any atom is 0.0746 e. The number of para-hydroxylation sites is 1. The van der Waals surface area contributed by atoms with Crippen molar-refractivity contribution in [3.63, 3.8) is 0 Å². The summed E-state index contributed by atoms with van der Waals surface area (Å²) < 4.78 is 0. The van der Waals surface area contributed by atoms with Crippen LogP contribution < -0.4 is 5.32 Å². The molecule has 0 saturated carbocycles. The molecule has 0 aliphatic rings. The van der Waals surface area contributed by atoms with Gasteiger partial charge in [-0.3, -0.25) is 4.98 Å². The molecule has 1 heterocycles. The highest BCUT2D eigenvalue weighted by atomic mass is 14.9. The van der Waals surface area contributed by atoms with Gasteiger partial charge >= 0.3 is 0 Å². The highest BCUT2D eigenvalue weighted by molar-refractivity contribution is 5.81. The van der Waals surface area contributed by atoms with Crippen molar-refractivity contribution >= 4 is 10.9 Å². The van der Waals surface area contributed by atoms with Crippen LogP contribution in [0.25, 0.3) is 10.9 Å². The Hall–Kier alpha value is -1.41. The van der Waals surface area contributed by atoms with Crippen LogP contribution in [0, 0.1) is 11.8 Å². The molecule has 2 aromatic rings. The van der Waals surface area contributed by atoms with E-state index in [0.29, 0.717) is 6.04 Å².